The van der Waals surface area contributed by atoms with E-state index in [1.54, 1.807) is 0 Å². The van der Waals surface area contributed by atoms with Crippen LogP contribution >= 0.6 is 0 Å². The van der Waals surface area contributed by atoms with Gasteiger partial charge < -0.3 is 0 Å². The fraction of sp³-hybridized carbons (Fsp3) is 0. The number of nitrogen functional groups attached to an aromatic ring is 1. The van der Waals surface area contributed by atoms with Crippen molar-refractivity contribution in [3.05, 3.63) is 95.5 Å². The third-order valence-electron chi connectivity index (χ3n) is 3.19. The van der Waals surface area contributed by atoms with E-state index < -0.39 is 0 Å². The summed E-state index contributed by atoms with van der Waals surface area (Å²) in [5, 5.41) is 0. The second-order valence-electron chi connectivity index (χ2n) is 4.95. The molecular formula is C20H17NSe2. The maximum absolute atomic E-state index is 5.98. The Morgan fingerprint density at radius 3 is 2.04 bits per heavy atom. The molecule has 3 rings (SSSR count). The summed E-state index contributed by atoms with van der Waals surface area (Å²) in [4.78, 5) is 2.41. The first kappa shape index (κ1) is 16.1. The van der Waals surface area contributed by atoms with Crippen molar-refractivity contribution in [1.82, 2.24) is 0 Å². The fourth-order valence-electron chi connectivity index (χ4n) is 2.08. The molecule has 0 heterocycles. The third kappa shape index (κ3) is 4.86. The molecule has 0 spiro atoms. The SMILES string of the molecule is Nc1cccc(/C(=C/[Se]c2ccccc2)[Se]c2ccccc2)c1. The molecule has 0 unspecified atom stereocenters. The number of anilines is 1. The first-order valence-corrected chi connectivity index (χ1v) is 10.9. The molecule has 0 saturated carbocycles. The van der Waals surface area contributed by atoms with Crippen molar-refractivity contribution in [2.75, 3.05) is 5.73 Å². The van der Waals surface area contributed by atoms with Gasteiger partial charge in [0.1, 0.15) is 0 Å². The van der Waals surface area contributed by atoms with Gasteiger partial charge in [0.15, 0.2) is 0 Å². The first-order valence-electron chi connectivity index (χ1n) is 7.32. The number of hydrogen-bond donors (Lipinski definition) is 1. The summed E-state index contributed by atoms with van der Waals surface area (Å²) in [6, 6.07) is 29.6. The van der Waals surface area contributed by atoms with Gasteiger partial charge in [0.05, 0.1) is 0 Å². The van der Waals surface area contributed by atoms with Crippen LogP contribution < -0.4 is 14.7 Å². The third-order valence-corrected chi connectivity index (χ3v) is 8.10. The Morgan fingerprint density at radius 1 is 0.739 bits per heavy atom. The van der Waals surface area contributed by atoms with E-state index in [-0.39, 0.29) is 15.0 Å². The molecule has 0 aromatic heterocycles. The molecule has 0 bridgehead atoms. The molecule has 0 atom stereocenters. The molecule has 0 radical (unpaired) electrons. The molecule has 0 aliphatic heterocycles. The number of nitrogens with two attached hydrogens (primary N) is 1. The molecule has 3 aromatic carbocycles. The number of hydrogen-bond acceptors (Lipinski definition) is 1. The minimum atomic E-state index is 0.283. The van der Waals surface area contributed by atoms with Crippen LogP contribution in [-0.2, 0) is 0 Å². The van der Waals surface area contributed by atoms with Gasteiger partial charge in [-0.05, 0) is 0 Å². The van der Waals surface area contributed by atoms with Crippen LogP contribution in [0.5, 0.6) is 0 Å². The normalized spacial score (nSPS) is 11.4. The topological polar surface area (TPSA) is 26.0 Å². The predicted octanol–water partition coefficient (Wildman–Crippen LogP) is 2.63. The Kier molecular flexibility index (Phi) is 5.74. The quantitative estimate of drug-likeness (QED) is 0.490. The monoisotopic (exact) mass is 431 g/mol. The van der Waals surface area contributed by atoms with Crippen LogP contribution in [0.2, 0.25) is 0 Å². The summed E-state index contributed by atoms with van der Waals surface area (Å²) in [6.07, 6.45) is 0. The van der Waals surface area contributed by atoms with Gasteiger partial charge in [-0.3, -0.25) is 0 Å². The zero-order valence-corrected chi connectivity index (χ0v) is 16.0. The van der Waals surface area contributed by atoms with Crippen LogP contribution in [0, 0.1) is 0 Å². The fourth-order valence-corrected chi connectivity index (χ4v) is 6.35. The van der Waals surface area contributed by atoms with Gasteiger partial charge in [-0.1, -0.05) is 0 Å². The van der Waals surface area contributed by atoms with Gasteiger partial charge in [0.25, 0.3) is 0 Å². The van der Waals surface area contributed by atoms with E-state index in [2.05, 4.69) is 77.8 Å². The van der Waals surface area contributed by atoms with E-state index in [1.165, 1.54) is 19.0 Å². The Bertz CT molecular complexity index is 783. The summed E-state index contributed by atoms with van der Waals surface area (Å²) >= 11 is 0.614. The van der Waals surface area contributed by atoms with Crippen molar-refractivity contribution < 1.29 is 0 Å². The Balaban J connectivity index is 1.89. The molecule has 0 aliphatic carbocycles. The van der Waals surface area contributed by atoms with Crippen LogP contribution in [0.25, 0.3) is 4.47 Å². The van der Waals surface area contributed by atoms with Crippen LogP contribution in [0.3, 0.4) is 0 Å². The molecule has 0 amide bonds. The van der Waals surface area contributed by atoms with Gasteiger partial charge in [-0.15, -0.1) is 0 Å². The van der Waals surface area contributed by atoms with E-state index in [4.69, 9.17) is 5.73 Å². The second kappa shape index (κ2) is 8.19. The Hall–Kier alpha value is -1.76. The molecule has 0 aliphatic rings. The van der Waals surface area contributed by atoms with E-state index >= 15 is 0 Å². The number of rotatable bonds is 5. The van der Waals surface area contributed by atoms with E-state index in [0.717, 1.165) is 5.69 Å². The average Bonchev–Trinajstić information content (AvgIpc) is 2.60. The summed E-state index contributed by atoms with van der Waals surface area (Å²) in [5.41, 5.74) is 8.05. The second-order valence-corrected chi connectivity index (χ2v) is 9.27. The summed E-state index contributed by atoms with van der Waals surface area (Å²) < 4.78 is 4.18. The van der Waals surface area contributed by atoms with Crippen LogP contribution in [0.1, 0.15) is 5.56 Å². The van der Waals surface area contributed by atoms with Gasteiger partial charge >= 0.3 is 150 Å². The van der Waals surface area contributed by atoms with Crippen molar-refractivity contribution in [2.24, 2.45) is 0 Å². The maximum atomic E-state index is 5.98. The standard InChI is InChI=1S/C20H17NSe2/c21-17-9-7-8-16(14-17)20(23-19-12-5-2-6-13-19)15-22-18-10-3-1-4-11-18/h1-15H,21H2/b20-15-. The Labute approximate surface area is 149 Å². The summed E-state index contributed by atoms with van der Waals surface area (Å²) in [7, 11) is 0. The average molecular weight is 429 g/mol. The molecule has 0 fully saturated rings. The summed E-state index contributed by atoms with van der Waals surface area (Å²) in [6.45, 7) is 0. The minimum absolute atomic E-state index is 0.283. The molecule has 1 nitrogen and oxygen atoms in total. The van der Waals surface area contributed by atoms with Crippen molar-refractivity contribution >= 4 is 49.0 Å². The van der Waals surface area contributed by atoms with E-state index in [9.17, 15) is 0 Å². The van der Waals surface area contributed by atoms with Gasteiger partial charge in [-0.25, -0.2) is 0 Å². The summed E-state index contributed by atoms with van der Waals surface area (Å²) in [5.74, 6) is 0. The van der Waals surface area contributed by atoms with Crippen LogP contribution in [0.15, 0.2) is 89.9 Å². The Morgan fingerprint density at radius 2 is 1.39 bits per heavy atom. The molecule has 0 saturated heterocycles. The van der Waals surface area contributed by atoms with Crippen molar-refractivity contribution in [3.63, 3.8) is 0 Å². The van der Waals surface area contributed by atoms with Crippen molar-refractivity contribution in [3.8, 4) is 0 Å². The van der Waals surface area contributed by atoms with Gasteiger partial charge in [-0.2, -0.15) is 0 Å². The zero-order valence-electron chi connectivity index (χ0n) is 12.6. The van der Waals surface area contributed by atoms with Crippen molar-refractivity contribution in [2.45, 2.75) is 0 Å². The molecular weight excluding hydrogens is 412 g/mol. The van der Waals surface area contributed by atoms with Gasteiger partial charge in [0.2, 0.25) is 0 Å². The molecule has 114 valence electrons. The molecule has 3 aromatic rings. The zero-order chi connectivity index (χ0) is 15.9. The van der Waals surface area contributed by atoms with Crippen LogP contribution in [-0.4, -0.2) is 29.9 Å². The molecule has 3 heteroatoms. The van der Waals surface area contributed by atoms with Crippen molar-refractivity contribution in [1.29, 1.82) is 0 Å². The first-order chi connectivity index (χ1) is 11.3. The van der Waals surface area contributed by atoms with E-state index in [0.29, 0.717) is 15.0 Å². The van der Waals surface area contributed by atoms with Gasteiger partial charge in [0, 0.05) is 0 Å². The molecule has 23 heavy (non-hydrogen) atoms. The van der Waals surface area contributed by atoms with E-state index in [1.807, 2.05) is 12.1 Å². The molecule has 2 N–H and O–H groups in total. The van der Waals surface area contributed by atoms with Crippen LogP contribution in [0.4, 0.5) is 5.69 Å². The number of benzene rings is 3. The predicted molar refractivity (Wildman–Crippen MR) is 102 cm³/mol.